The molecule has 0 atom stereocenters. The van der Waals surface area contributed by atoms with Gasteiger partial charge in [0, 0.05) is 28.2 Å². The molecule has 0 saturated carbocycles. The first-order chi connectivity index (χ1) is 32.7. The maximum atomic E-state index is 6.63. The third-order valence-electron chi connectivity index (χ3n) is 14.0. The Kier molecular flexibility index (Phi) is 8.02. The van der Waals surface area contributed by atoms with Crippen molar-refractivity contribution in [3.8, 4) is 33.8 Å². The van der Waals surface area contributed by atoms with Crippen molar-refractivity contribution in [1.82, 2.24) is 0 Å². The third kappa shape index (κ3) is 5.49. The number of nitrogens with zero attached hydrogens (tertiary/aromatic N) is 1. The van der Waals surface area contributed by atoms with Gasteiger partial charge in [-0.15, -0.1) is 0 Å². The fraction of sp³-hybridized carbons (Fsp3) is 0. The Morgan fingerprint density at radius 1 is 0.227 bits per heavy atom. The summed E-state index contributed by atoms with van der Waals surface area (Å²) in [7, 11) is 0. The minimum Gasteiger partial charge on any atom is -0.456 e. The van der Waals surface area contributed by atoms with Gasteiger partial charge in [-0.2, -0.15) is 0 Å². The summed E-state index contributed by atoms with van der Waals surface area (Å²) >= 11 is 0. The van der Waals surface area contributed by atoms with Gasteiger partial charge in [-0.1, -0.05) is 182 Å². The van der Waals surface area contributed by atoms with E-state index in [0.29, 0.717) is 0 Å². The monoisotopic (exact) mass is 837 g/mol. The number of ether oxygens (including phenoxy) is 1. The third-order valence-corrected chi connectivity index (χ3v) is 14.0. The van der Waals surface area contributed by atoms with Crippen molar-refractivity contribution in [3.05, 3.63) is 237 Å². The van der Waals surface area contributed by atoms with Crippen molar-refractivity contribution in [1.29, 1.82) is 0 Å². The second-order valence-corrected chi connectivity index (χ2v) is 17.5. The molecule has 1 heterocycles. The number of benzene rings is 12. The van der Waals surface area contributed by atoms with Crippen molar-refractivity contribution in [2.75, 3.05) is 4.90 Å². The van der Waals surface area contributed by atoms with Crippen molar-refractivity contribution in [2.45, 2.75) is 0 Å². The fourth-order valence-corrected chi connectivity index (χ4v) is 11.1. The van der Waals surface area contributed by atoms with Gasteiger partial charge in [0.15, 0.2) is 0 Å². The van der Waals surface area contributed by atoms with E-state index in [9.17, 15) is 0 Å². The lowest BCUT2D eigenvalue weighted by molar-refractivity contribution is 0.488. The summed E-state index contributed by atoms with van der Waals surface area (Å²) in [5, 5.41) is 19.8. The van der Waals surface area contributed by atoms with Crippen LogP contribution in [-0.4, -0.2) is 0 Å². The Balaban J connectivity index is 1.16. The zero-order valence-corrected chi connectivity index (χ0v) is 35.9. The first-order valence-corrected chi connectivity index (χ1v) is 22.7. The highest BCUT2D eigenvalue weighted by molar-refractivity contribution is 6.36. The van der Waals surface area contributed by atoms with Gasteiger partial charge in [0.05, 0.1) is 0 Å². The molecule has 0 bridgehead atoms. The van der Waals surface area contributed by atoms with Gasteiger partial charge in [-0.3, -0.25) is 0 Å². The van der Waals surface area contributed by atoms with Crippen LogP contribution in [0, 0.1) is 0 Å². The predicted molar refractivity (Wildman–Crippen MR) is 281 cm³/mol. The van der Waals surface area contributed by atoms with Crippen LogP contribution in [0.1, 0.15) is 0 Å². The Hall–Kier alpha value is -8.72. The second-order valence-electron chi connectivity index (χ2n) is 17.5. The van der Waals surface area contributed by atoms with Gasteiger partial charge in [-0.05, 0) is 152 Å². The van der Waals surface area contributed by atoms with Crippen LogP contribution in [0.2, 0.25) is 0 Å². The summed E-state index contributed by atoms with van der Waals surface area (Å²) in [5.41, 5.74) is 7.63. The molecule has 2 heteroatoms. The number of rotatable bonds is 3. The Labute approximate surface area is 381 Å². The molecule has 0 spiro atoms. The van der Waals surface area contributed by atoms with Crippen LogP contribution in [0.15, 0.2) is 237 Å². The summed E-state index contributed by atoms with van der Waals surface area (Å²) in [6.07, 6.45) is 0. The van der Waals surface area contributed by atoms with Crippen molar-refractivity contribution >= 4 is 103 Å². The van der Waals surface area contributed by atoms with E-state index in [1.54, 1.807) is 0 Å². The van der Waals surface area contributed by atoms with E-state index in [4.69, 9.17) is 4.74 Å². The van der Waals surface area contributed by atoms with Crippen LogP contribution in [0.5, 0.6) is 11.5 Å². The SMILES string of the molecule is c1ccc(N(c2ccc3c(c2)-c2ccccc2Oc2ccccc2-3)c2ccc3c4ccccc4c4ccccc4c4ccccc4c4c(cc5ccc6cccc7ccc4c5c67)c3c2)cc1. The summed E-state index contributed by atoms with van der Waals surface area (Å²) in [6.45, 7) is 0. The van der Waals surface area contributed by atoms with Crippen LogP contribution >= 0.6 is 0 Å². The van der Waals surface area contributed by atoms with Gasteiger partial charge >= 0.3 is 0 Å². The molecule has 306 valence electrons. The van der Waals surface area contributed by atoms with Crippen LogP contribution < -0.4 is 9.64 Å². The maximum absolute atomic E-state index is 6.63. The Morgan fingerprint density at radius 2 is 0.727 bits per heavy atom. The normalized spacial score (nSPS) is 12.1. The molecule has 0 unspecified atom stereocenters. The zero-order valence-electron chi connectivity index (χ0n) is 35.9. The van der Waals surface area contributed by atoms with Gasteiger partial charge in [0.2, 0.25) is 0 Å². The molecule has 0 aromatic heterocycles. The average molecular weight is 838 g/mol. The Morgan fingerprint density at radius 3 is 1.41 bits per heavy atom. The molecule has 0 amide bonds. The van der Waals surface area contributed by atoms with Crippen molar-refractivity contribution in [2.24, 2.45) is 0 Å². The van der Waals surface area contributed by atoms with E-state index < -0.39 is 0 Å². The number of fused-ring (bicyclic) bond motifs is 16. The molecular weight excluding hydrogens is 799 g/mol. The second kappa shape index (κ2) is 14.4. The molecule has 13 aromatic carbocycles. The lowest BCUT2D eigenvalue weighted by Crippen LogP contribution is -2.10. The lowest BCUT2D eigenvalue weighted by atomic mass is 9.88. The largest absolute Gasteiger partial charge is 0.456 e. The average Bonchev–Trinajstić information content (AvgIpc) is 3.52. The first-order valence-electron chi connectivity index (χ1n) is 22.7. The number of hydrogen-bond donors (Lipinski definition) is 0. The highest BCUT2D eigenvalue weighted by Gasteiger charge is 2.24. The first kappa shape index (κ1) is 36.7. The Bertz CT molecular complexity index is 4190. The van der Waals surface area contributed by atoms with Crippen LogP contribution in [-0.2, 0) is 0 Å². The highest BCUT2D eigenvalue weighted by atomic mass is 16.5. The van der Waals surface area contributed by atoms with Crippen LogP contribution in [0.25, 0.3) is 108 Å². The molecular formula is C64H39NO. The van der Waals surface area contributed by atoms with E-state index >= 15 is 0 Å². The number of anilines is 3. The molecule has 0 N–H and O–H groups in total. The molecule has 0 radical (unpaired) electrons. The standard InChI is InChI=1S/C64H39NO/c1-2-17-43(18-3-1)65(44-33-36-52-53-24-10-12-27-60(53)66-61-28-13-11-25-54(61)57(52)38-44)45-32-35-51-49-22-7-5-20-47(49)46-19-4-6-21-48(46)50-23-8-9-26-55(50)64-56-34-31-41-16-14-15-40-29-30-42(63(56)62(40)41)37-59(64)58(51)39-45/h1-39H. The smallest absolute Gasteiger partial charge is 0.135 e. The highest BCUT2D eigenvalue weighted by Crippen LogP contribution is 2.50. The van der Waals surface area contributed by atoms with Crippen molar-refractivity contribution < 1.29 is 4.74 Å². The number of para-hydroxylation sites is 3. The van der Waals surface area contributed by atoms with E-state index in [0.717, 1.165) is 50.8 Å². The van der Waals surface area contributed by atoms with Gasteiger partial charge in [-0.25, -0.2) is 0 Å². The number of hydrogen-bond acceptors (Lipinski definition) is 2. The summed E-state index contributed by atoms with van der Waals surface area (Å²) < 4.78 is 6.63. The van der Waals surface area contributed by atoms with E-state index in [2.05, 4.69) is 235 Å². The molecule has 0 saturated heterocycles. The van der Waals surface area contributed by atoms with Crippen LogP contribution in [0.3, 0.4) is 0 Å². The quantitative estimate of drug-likeness (QED) is 0.164. The molecule has 1 aliphatic rings. The van der Waals surface area contributed by atoms with E-state index in [1.165, 1.54) is 86.2 Å². The predicted octanol–water partition coefficient (Wildman–Crippen LogP) is 18.4. The zero-order chi connectivity index (χ0) is 43.3. The topological polar surface area (TPSA) is 12.5 Å². The van der Waals surface area contributed by atoms with Gasteiger partial charge in [0.25, 0.3) is 0 Å². The van der Waals surface area contributed by atoms with E-state index in [1.807, 2.05) is 6.07 Å². The minimum atomic E-state index is 0.849. The fourth-order valence-electron chi connectivity index (χ4n) is 11.1. The van der Waals surface area contributed by atoms with Gasteiger partial charge < -0.3 is 9.64 Å². The minimum absolute atomic E-state index is 0.849. The summed E-state index contributed by atoms with van der Waals surface area (Å²) in [5.74, 6) is 1.71. The summed E-state index contributed by atoms with van der Waals surface area (Å²) in [6, 6.07) is 87.0. The van der Waals surface area contributed by atoms with Crippen LogP contribution in [0.4, 0.5) is 17.1 Å². The van der Waals surface area contributed by atoms with Crippen molar-refractivity contribution in [3.63, 3.8) is 0 Å². The molecule has 0 fully saturated rings. The molecule has 66 heavy (non-hydrogen) atoms. The maximum Gasteiger partial charge on any atom is 0.135 e. The molecule has 1 aliphatic heterocycles. The lowest BCUT2D eigenvalue weighted by Gasteiger charge is -2.27. The molecule has 2 nitrogen and oxygen atoms in total. The van der Waals surface area contributed by atoms with E-state index in [-0.39, 0.29) is 0 Å². The summed E-state index contributed by atoms with van der Waals surface area (Å²) in [4.78, 5) is 2.42. The molecule has 13 aromatic rings. The molecule has 14 rings (SSSR count). The van der Waals surface area contributed by atoms with Gasteiger partial charge in [0.1, 0.15) is 11.5 Å². The molecule has 0 aliphatic carbocycles.